The van der Waals surface area contributed by atoms with E-state index in [1.807, 2.05) is 41.8 Å². The Morgan fingerprint density at radius 3 is 2.63 bits per heavy atom. The van der Waals surface area contributed by atoms with Crippen LogP contribution < -0.4 is 0 Å². The van der Waals surface area contributed by atoms with E-state index in [2.05, 4.69) is 10.2 Å². The van der Waals surface area contributed by atoms with Gasteiger partial charge in [0.15, 0.2) is 17.6 Å². The molecule has 144 valence electrons. The van der Waals surface area contributed by atoms with Crippen LogP contribution in [-0.4, -0.2) is 70.2 Å². The lowest BCUT2D eigenvalue weighted by Gasteiger charge is -2.26. The van der Waals surface area contributed by atoms with Crippen molar-refractivity contribution in [1.29, 1.82) is 0 Å². The lowest BCUT2D eigenvalue weighted by molar-refractivity contribution is -0.151. The molecular weight excluding hydrogens is 368 g/mol. The first-order valence-corrected chi connectivity index (χ1v) is 9.80. The second-order valence-electron chi connectivity index (χ2n) is 5.86. The Labute approximate surface area is 161 Å². The number of thioether (sulfide) groups is 1. The van der Waals surface area contributed by atoms with Gasteiger partial charge in [-0.1, -0.05) is 42.1 Å². The largest absolute Gasteiger partial charge is 0.455 e. The molecule has 1 amide bonds. The molecule has 1 aromatic heterocycles. The fourth-order valence-electron chi connectivity index (χ4n) is 2.69. The lowest BCUT2D eigenvalue weighted by atomic mass is 10.2. The molecule has 1 aromatic carbocycles. The van der Waals surface area contributed by atoms with Crippen molar-refractivity contribution in [3.63, 3.8) is 0 Å². The number of nitrogens with zero attached hydrogens (tertiary/aromatic N) is 4. The van der Waals surface area contributed by atoms with Gasteiger partial charge in [0.1, 0.15) is 0 Å². The number of carbonyl (C=O) groups is 2. The third kappa shape index (κ3) is 5.08. The summed E-state index contributed by atoms with van der Waals surface area (Å²) in [5.41, 5.74) is 0.970. The van der Waals surface area contributed by atoms with Crippen LogP contribution >= 0.6 is 11.8 Å². The maximum absolute atomic E-state index is 12.0. The molecule has 0 N–H and O–H groups in total. The van der Waals surface area contributed by atoms with E-state index < -0.39 is 5.97 Å². The molecule has 1 saturated heterocycles. The minimum atomic E-state index is -0.450. The smallest absolute Gasteiger partial charge is 0.316 e. The first-order chi connectivity index (χ1) is 13.2. The standard InChI is InChI=1S/C18H22N4O4S/c1-2-22-17(14-6-4-3-5-7-14)19-20-18(22)27-13-16(24)26-12-15(23)21-8-10-25-11-9-21/h3-7H,2,8-13H2,1H3. The van der Waals surface area contributed by atoms with Gasteiger partial charge in [0.2, 0.25) is 0 Å². The number of benzene rings is 1. The number of rotatable bonds is 7. The number of morpholine rings is 1. The molecule has 0 radical (unpaired) electrons. The average molecular weight is 390 g/mol. The van der Waals surface area contributed by atoms with Crippen molar-refractivity contribution < 1.29 is 19.1 Å². The van der Waals surface area contributed by atoms with E-state index in [4.69, 9.17) is 9.47 Å². The maximum atomic E-state index is 12.0. The van der Waals surface area contributed by atoms with Gasteiger partial charge in [0, 0.05) is 25.2 Å². The highest BCUT2D eigenvalue weighted by molar-refractivity contribution is 7.99. The van der Waals surface area contributed by atoms with Crippen molar-refractivity contribution in [3.8, 4) is 11.4 Å². The molecule has 0 aliphatic carbocycles. The van der Waals surface area contributed by atoms with E-state index in [1.165, 1.54) is 11.8 Å². The van der Waals surface area contributed by atoms with Gasteiger partial charge in [-0.3, -0.25) is 9.59 Å². The van der Waals surface area contributed by atoms with Crippen LogP contribution in [0, 0.1) is 0 Å². The highest BCUT2D eigenvalue weighted by atomic mass is 32.2. The number of hydrogen-bond donors (Lipinski definition) is 0. The van der Waals surface area contributed by atoms with Crippen molar-refractivity contribution in [1.82, 2.24) is 19.7 Å². The summed E-state index contributed by atoms with van der Waals surface area (Å²) in [6.45, 7) is 4.55. The normalized spacial score (nSPS) is 14.2. The maximum Gasteiger partial charge on any atom is 0.316 e. The summed E-state index contributed by atoms with van der Waals surface area (Å²) in [5.74, 6) is 0.188. The van der Waals surface area contributed by atoms with Gasteiger partial charge < -0.3 is 18.9 Å². The minimum Gasteiger partial charge on any atom is -0.455 e. The first kappa shape index (κ1) is 19.4. The molecule has 1 aliphatic heterocycles. The molecule has 27 heavy (non-hydrogen) atoms. The molecular formula is C18H22N4O4S. The highest BCUT2D eigenvalue weighted by Gasteiger charge is 2.19. The van der Waals surface area contributed by atoms with Crippen LogP contribution in [0.25, 0.3) is 11.4 Å². The molecule has 2 aromatic rings. The molecule has 0 spiro atoms. The van der Waals surface area contributed by atoms with Crippen LogP contribution in [0.5, 0.6) is 0 Å². The van der Waals surface area contributed by atoms with E-state index in [-0.39, 0.29) is 18.3 Å². The zero-order valence-corrected chi connectivity index (χ0v) is 16.0. The third-order valence-corrected chi connectivity index (χ3v) is 5.04. The Kier molecular flexibility index (Phi) is 6.83. The first-order valence-electron chi connectivity index (χ1n) is 8.81. The monoisotopic (exact) mass is 390 g/mol. The van der Waals surface area contributed by atoms with Gasteiger partial charge in [-0.25, -0.2) is 0 Å². The SMILES string of the molecule is CCn1c(SCC(=O)OCC(=O)N2CCOCC2)nnc1-c1ccccc1. The third-order valence-electron chi connectivity index (χ3n) is 4.10. The molecule has 0 saturated carbocycles. The predicted molar refractivity (Wildman–Crippen MR) is 100 cm³/mol. The number of carbonyl (C=O) groups excluding carboxylic acids is 2. The zero-order chi connectivity index (χ0) is 19.1. The Balaban J connectivity index is 1.51. The zero-order valence-electron chi connectivity index (χ0n) is 15.2. The average Bonchev–Trinajstić information content (AvgIpc) is 3.14. The van der Waals surface area contributed by atoms with Gasteiger partial charge in [0.25, 0.3) is 5.91 Å². The number of ether oxygens (including phenoxy) is 2. The van der Waals surface area contributed by atoms with Crippen LogP contribution in [0.3, 0.4) is 0 Å². The number of esters is 1. The van der Waals surface area contributed by atoms with Crippen molar-refractivity contribution in [3.05, 3.63) is 30.3 Å². The van der Waals surface area contributed by atoms with Crippen LogP contribution in [-0.2, 0) is 25.6 Å². The Hall–Kier alpha value is -2.39. The fourth-order valence-corrected chi connectivity index (χ4v) is 3.49. The summed E-state index contributed by atoms with van der Waals surface area (Å²) in [4.78, 5) is 25.6. The van der Waals surface area contributed by atoms with Gasteiger partial charge in [0.05, 0.1) is 19.0 Å². The number of amides is 1. The topological polar surface area (TPSA) is 86.5 Å². The predicted octanol–water partition coefficient (Wildman–Crippen LogP) is 1.46. The molecule has 9 heteroatoms. The van der Waals surface area contributed by atoms with Crippen molar-refractivity contribution in [2.45, 2.75) is 18.6 Å². The van der Waals surface area contributed by atoms with E-state index >= 15 is 0 Å². The number of hydrogen-bond acceptors (Lipinski definition) is 7. The Morgan fingerprint density at radius 2 is 1.93 bits per heavy atom. The molecule has 8 nitrogen and oxygen atoms in total. The van der Waals surface area contributed by atoms with E-state index in [0.717, 1.165) is 11.4 Å². The minimum absolute atomic E-state index is 0.0727. The summed E-state index contributed by atoms with van der Waals surface area (Å²) in [7, 11) is 0. The van der Waals surface area contributed by atoms with Crippen molar-refractivity contribution in [2.24, 2.45) is 0 Å². The van der Waals surface area contributed by atoms with Crippen LogP contribution in [0.4, 0.5) is 0 Å². The Bertz CT molecular complexity index is 775. The molecule has 1 aliphatic rings. The molecule has 1 fully saturated rings. The van der Waals surface area contributed by atoms with E-state index in [0.29, 0.717) is 38.0 Å². The van der Waals surface area contributed by atoms with Gasteiger partial charge >= 0.3 is 5.97 Å². The fraction of sp³-hybridized carbons (Fsp3) is 0.444. The summed E-state index contributed by atoms with van der Waals surface area (Å²) < 4.78 is 12.2. The van der Waals surface area contributed by atoms with Crippen LogP contribution in [0.15, 0.2) is 35.5 Å². The molecule has 3 rings (SSSR count). The molecule has 0 atom stereocenters. The summed E-state index contributed by atoms with van der Waals surface area (Å²) >= 11 is 1.25. The Morgan fingerprint density at radius 1 is 1.19 bits per heavy atom. The van der Waals surface area contributed by atoms with Gasteiger partial charge in [-0.15, -0.1) is 10.2 Å². The number of aromatic nitrogens is 3. The molecule has 0 bridgehead atoms. The summed E-state index contributed by atoms with van der Waals surface area (Å²) in [6, 6.07) is 9.77. The van der Waals surface area contributed by atoms with Crippen molar-refractivity contribution >= 4 is 23.6 Å². The highest BCUT2D eigenvalue weighted by Crippen LogP contribution is 2.23. The van der Waals surface area contributed by atoms with Gasteiger partial charge in [-0.05, 0) is 6.92 Å². The van der Waals surface area contributed by atoms with E-state index in [1.54, 1.807) is 4.90 Å². The summed E-state index contributed by atoms with van der Waals surface area (Å²) in [6.07, 6.45) is 0. The van der Waals surface area contributed by atoms with Gasteiger partial charge in [-0.2, -0.15) is 0 Å². The lowest BCUT2D eigenvalue weighted by Crippen LogP contribution is -2.42. The second kappa shape index (κ2) is 9.52. The van der Waals surface area contributed by atoms with Crippen molar-refractivity contribution in [2.75, 3.05) is 38.7 Å². The molecule has 2 heterocycles. The van der Waals surface area contributed by atoms with E-state index in [9.17, 15) is 9.59 Å². The molecule has 0 unspecified atom stereocenters. The van der Waals surface area contributed by atoms with Crippen LogP contribution in [0.2, 0.25) is 0 Å². The quantitative estimate of drug-likeness (QED) is 0.522. The van der Waals surface area contributed by atoms with Crippen LogP contribution in [0.1, 0.15) is 6.92 Å². The second-order valence-corrected chi connectivity index (χ2v) is 6.80. The summed E-state index contributed by atoms with van der Waals surface area (Å²) in [5, 5.41) is 9.07.